The molecule has 1 aromatic heterocycles. The summed E-state index contributed by atoms with van der Waals surface area (Å²) in [6, 6.07) is 10.1. The number of aromatic nitrogens is 1. The molecule has 0 spiro atoms. The van der Waals surface area contributed by atoms with E-state index in [1.165, 1.54) is 4.90 Å². The molecule has 0 fully saturated rings. The predicted molar refractivity (Wildman–Crippen MR) is 83.5 cm³/mol. The molecule has 0 saturated carbocycles. The van der Waals surface area contributed by atoms with Crippen LogP contribution in [0.3, 0.4) is 0 Å². The van der Waals surface area contributed by atoms with Gasteiger partial charge in [0.05, 0.1) is 11.3 Å². The van der Waals surface area contributed by atoms with E-state index in [4.69, 9.17) is 0 Å². The van der Waals surface area contributed by atoms with Crippen LogP contribution in [-0.2, 0) is 7.05 Å². The van der Waals surface area contributed by atoms with Crippen LogP contribution in [-0.4, -0.2) is 22.3 Å². The summed E-state index contributed by atoms with van der Waals surface area (Å²) < 4.78 is 1.91. The van der Waals surface area contributed by atoms with Gasteiger partial charge >= 0.3 is 0 Å². The quantitative estimate of drug-likeness (QED) is 0.801. The molecule has 1 aliphatic rings. The highest BCUT2D eigenvalue weighted by Gasteiger charge is 2.25. The van der Waals surface area contributed by atoms with Crippen molar-refractivity contribution in [3.8, 4) is 0 Å². The van der Waals surface area contributed by atoms with Crippen LogP contribution < -0.4 is 4.90 Å². The van der Waals surface area contributed by atoms with Crippen molar-refractivity contribution >= 4 is 23.4 Å². The van der Waals surface area contributed by atoms with Gasteiger partial charge in [0.2, 0.25) is 0 Å². The average Bonchev–Trinajstić information content (AvgIpc) is 2.79. The topological polar surface area (TPSA) is 25.2 Å². The molecule has 20 heavy (non-hydrogen) atoms. The molecule has 0 saturated heterocycles. The highest BCUT2D eigenvalue weighted by molar-refractivity contribution is 8.00. The van der Waals surface area contributed by atoms with Crippen LogP contribution in [0.5, 0.6) is 0 Å². The van der Waals surface area contributed by atoms with Crippen LogP contribution in [0, 0.1) is 0 Å². The fourth-order valence-corrected chi connectivity index (χ4v) is 3.60. The van der Waals surface area contributed by atoms with E-state index >= 15 is 0 Å². The minimum absolute atomic E-state index is 0.0905. The van der Waals surface area contributed by atoms with E-state index < -0.39 is 0 Å². The maximum absolute atomic E-state index is 12.7. The van der Waals surface area contributed by atoms with Crippen molar-refractivity contribution < 1.29 is 4.79 Å². The number of anilines is 1. The van der Waals surface area contributed by atoms with E-state index in [-0.39, 0.29) is 5.91 Å². The van der Waals surface area contributed by atoms with Crippen LogP contribution in [0.4, 0.5) is 5.69 Å². The molecule has 3 rings (SSSR count). The first-order chi connectivity index (χ1) is 9.65. The number of para-hydroxylation sites is 1. The summed E-state index contributed by atoms with van der Waals surface area (Å²) >= 11 is 1.86. The van der Waals surface area contributed by atoms with E-state index in [2.05, 4.69) is 13.0 Å². The molecule has 1 aromatic carbocycles. The zero-order valence-corrected chi connectivity index (χ0v) is 12.6. The van der Waals surface area contributed by atoms with Gasteiger partial charge in [-0.1, -0.05) is 19.1 Å². The first-order valence-electron chi connectivity index (χ1n) is 6.84. The van der Waals surface area contributed by atoms with Gasteiger partial charge in [-0.25, -0.2) is 0 Å². The smallest absolute Gasteiger partial charge is 0.259 e. The van der Waals surface area contributed by atoms with Crippen LogP contribution in [0.2, 0.25) is 0 Å². The molecule has 0 radical (unpaired) electrons. The minimum Gasteiger partial charge on any atom is -0.356 e. The Morgan fingerprint density at radius 2 is 2.10 bits per heavy atom. The molecule has 4 heteroatoms. The Balaban J connectivity index is 1.99. The van der Waals surface area contributed by atoms with E-state index in [1.807, 2.05) is 64.9 Å². The molecule has 0 aliphatic carbocycles. The highest BCUT2D eigenvalue weighted by Crippen LogP contribution is 2.37. The Labute approximate surface area is 123 Å². The summed E-state index contributed by atoms with van der Waals surface area (Å²) in [5, 5.41) is 0.532. The van der Waals surface area contributed by atoms with Gasteiger partial charge in [0, 0.05) is 36.1 Å². The number of amides is 1. The van der Waals surface area contributed by atoms with Crippen LogP contribution in [0.15, 0.2) is 47.6 Å². The van der Waals surface area contributed by atoms with Crippen molar-refractivity contribution in [1.82, 2.24) is 4.57 Å². The van der Waals surface area contributed by atoms with E-state index in [0.29, 0.717) is 5.25 Å². The van der Waals surface area contributed by atoms with Crippen molar-refractivity contribution in [3.05, 3.63) is 48.3 Å². The summed E-state index contributed by atoms with van der Waals surface area (Å²) in [4.78, 5) is 15.9. The second-order valence-corrected chi connectivity index (χ2v) is 6.69. The van der Waals surface area contributed by atoms with E-state index in [1.54, 1.807) is 0 Å². The van der Waals surface area contributed by atoms with Crippen LogP contribution in [0.25, 0.3) is 0 Å². The van der Waals surface area contributed by atoms with E-state index in [9.17, 15) is 4.79 Å². The molecule has 1 unspecified atom stereocenters. The Morgan fingerprint density at radius 3 is 2.85 bits per heavy atom. The minimum atomic E-state index is 0.0905. The van der Waals surface area contributed by atoms with Crippen molar-refractivity contribution in [3.63, 3.8) is 0 Å². The van der Waals surface area contributed by atoms with Gasteiger partial charge in [0.1, 0.15) is 0 Å². The van der Waals surface area contributed by atoms with Crippen molar-refractivity contribution in [1.29, 1.82) is 0 Å². The normalized spacial score (nSPS) is 18.5. The molecule has 0 N–H and O–H groups in total. The molecule has 2 aromatic rings. The average molecular weight is 286 g/mol. The molecular weight excluding hydrogens is 268 g/mol. The third kappa shape index (κ3) is 2.48. The number of hydrogen-bond acceptors (Lipinski definition) is 2. The first kappa shape index (κ1) is 13.3. The molecule has 3 nitrogen and oxygen atoms in total. The number of benzene rings is 1. The summed E-state index contributed by atoms with van der Waals surface area (Å²) in [6.45, 7) is 3.00. The van der Waals surface area contributed by atoms with Gasteiger partial charge in [-0.3, -0.25) is 4.79 Å². The number of thioether (sulfide) groups is 1. The number of aryl methyl sites for hydroxylation is 1. The summed E-state index contributed by atoms with van der Waals surface area (Å²) in [7, 11) is 1.94. The lowest BCUT2D eigenvalue weighted by molar-refractivity contribution is 0.0986. The largest absolute Gasteiger partial charge is 0.356 e. The second-order valence-electron chi connectivity index (χ2n) is 5.21. The van der Waals surface area contributed by atoms with Gasteiger partial charge in [-0.05, 0) is 24.6 Å². The number of nitrogens with zero attached hydrogens (tertiary/aromatic N) is 2. The third-order valence-electron chi connectivity index (χ3n) is 3.57. The zero-order chi connectivity index (χ0) is 14.1. The Bertz CT molecular complexity index is 635. The molecule has 1 aliphatic heterocycles. The summed E-state index contributed by atoms with van der Waals surface area (Å²) in [5.41, 5.74) is 1.79. The lowest BCUT2D eigenvalue weighted by Gasteiger charge is -2.22. The molecule has 1 atom stereocenters. The standard InChI is InChI=1S/C16H18N2OS/c1-12-7-10-18(14-5-3-4-6-15(14)20-12)16(19)13-8-9-17(2)11-13/h3-6,8-9,11-12H,7,10H2,1-2H3. The van der Waals surface area contributed by atoms with Crippen molar-refractivity contribution in [2.75, 3.05) is 11.4 Å². The van der Waals surface area contributed by atoms with Gasteiger partial charge in [0.25, 0.3) is 5.91 Å². The molecule has 1 amide bonds. The highest BCUT2D eigenvalue weighted by atomic mass is 32.2. The molecule has 2 heterocycles. The van der Waals surface area contributed by atoms with Crippen LogP contribution in [0.1, 0.15) is 23.7 Å². The number of fused-ring (bicyclic) bond motifs is 1. The predicted octanol–water partition coefficient (Wildman–Crippen LogP) is 3.56. The fraction of sp³-hybridized carbons (Fsp3) is 0.312. The Hall–Kier alpha value is -1.68. The lowest BCUT2D eigenvalue weighted by atomic mass is 10.2. The van der Waals surface area contributed by atoms with Crippen LogP contribution >= 0.6 is 11.8 Å². The third-order valence-corrected chi connectivity index (χ3v) is 4.80. The lowest BCUT2D eigenvalue weighted by Crippen LogP contribution is -2.32. The zero-order valence-electron chi connectivity index (χ0n) is 11.7. The second kappa shape index (κ2) is 5.37. The summed E-state index contributed by atoms with van der Waals surface area (Å²) in [6.07, 6.45) is 4.80. The van der Waals surface area contributed by atoms with Crippen molar-refractivity contribution in [2.24, 2.45) is 7.05 Å². The van der Waals surface area contributed by atoms with Gasteiger partial charge in [-0.15, -0.1) is 11.8 Å². The maximum Gasteiger partial charge on any atom is 0.259 e. The number of hydrogen-bond donors (Lipinski definition) is 0. The van der Waals surface area contributed by atoms with Gasteiger partial charge in [0.15, 0.2) is 0 Å². The number of carbonyl (C=O) groups is 1. The number of rotatable bonds is 1. The van der Waals surface area contributed by atoms with Gasteiger partial charge in [-0.2, -0.15) is 0 Å². The Morgan fingerprint density at radius 1 is 1.30 bits per heavy atom. The van der Waals surface area contributed by atoms with E-state index in [0.717, 1.165) is 24.2 Å². The molecule has 0 bridgehead atoms. The van der Waals surface area contributed by atoms with Crippen molar-refractivity contribution in [2.45, 2.75) is 23.5 Å². The summed E-state index contributed by atoms with van der Waals surface area (Å²) in [5.74, 6) is 0.0905. The fourth-order valence-electron chi connectivity index (χ4n) is 2.48. The number of carbonyl (C=O) groups excluding carboxylic acids is 1. The monoisotopic (exact) mass is 286 g/mol. The molecule has 104 valence electrons. The first-order valence-corrected chi connectivity index (χ1v) is 7.72. The Kier molecular flexibility index (Phi) is 3.57. The maximum atomic E-state index is 12.7. The van der Waals surface area contributed by atoms with Gasteiger partial charge < -0.3 is 9.47 Å². The SMILES string of the molecule is CC1CCN(C(=O)c2ccn(C)c2)c2ccccc2S1. The molecular formula is C16H18N2OS.